The van der Waals surface area contributed by atoms with Crippen molar-refractivity contribution in [3.63, 3.8) is 0 Å². The quantitative estimate of drug-likeness (QED) is 0.722. The topological polar surface area (TPSA) is 56.5 Å². The van der Waals surface area contributed by atoms with Crippen molar-refractivity contribution in [2.24, 2.45) is 0 Å². The molecule has 0 aliphatic carbocycles. The van der Waals surface area contributed by atoms with Crippen molar-refractivity contribution in [3.05, 3.63) is 28.5 Å². The van der Waals surface area contributed by atoms with Crippen molar-refractivity contribution >= 4 is 15.9 Å². The monoisotopic (exact) mass is 253 g/mol. The molecule has 0 bridgehead atoms. The van der Waals surface area contributed by atoms with Crippen LogP contribution in [0.15, 0.2) is 16.9 Å². The van der Waals surface area contributed by atoms with Crippen LogP contribution in [0.5, 0.6) is 0 Å². The fourth-order valence-electron chi connectivity index (χ4n) is 1.14. The van der Waals surface area contributed by atoms with E-state index in [4.69, 9.17) is 0 Å². The van der Waals surface area contributed by atoms with Gasteiger partial charge in [0.1, 0.15) is 16.3 Å². The van der Waals surface area contributed by atoms with Crippen molar-refractivity contribution < 1.29 is 0 Å². The fraction of sp³-hybridized carbons (Fsp3) is 0.250. The van der Waals surface area contributed by atoms with Gasteiger partial charge in [-0.25, -0.2) is 15.0 Å². The van der Waals surface area contributed by atoms with Gasteiger partial charge in [0.15, 0.2) is 0 Å². The van der Waals surface area contributed by atoms with Gasteiger partial charge in [0.2, 0.25) is 0 Å². The fourth-order valence-corrected chi connectivity index (χ4v) is 1.42. The molecule has 0 N–H and O–H groups in total. The van der Waals surface area contributed by atoms with Crippen LogP contribution in [0, 0.1) is 13.8 Å². The SMILES string of the molecule is Cc1nc(C)n(-c2nccc(Br)n2)n1. The normalized spacial score (nSPS) is 10.5. The lowest BCUT2D eigenvalue weighted by Crippen LogP contribution is -2.04. The molecule has 0 aromatic carbocycles. The zero-order chi connectivity index (χ0) is 10.1. The first-order chi connectivity index (χ1) is 6.66. The summed E-state index contributed by atoms with van der Waals surface area (Å²) in [5.74, 6) is 2.02. The van der Waals surface area contributed by atoms with E-state index >= 15 is 0 Å². The highest BCUT2D eigenvalue weighted by molar-refractivity contribution is 9.10. The summed E-state index contributed by atoms with van der Waals surface area (Å²) in [4.78, 5) is 12.5. The van der Waals surface area contributed by atoms with Crippen LogP contribution in [0.4, 0.5) is 0 Å². The van der Waals surface area contributed by atoms with Gasteiger partial charge in [-0.15, -0.1) is 5.10 Å². The minimum atomic E-state index is 0.525. The minimum absolute atomic E-state index is 0.525. The zero-order valence-corrected chi connectivity index (χ0v) is 9.35. The van der Waals surface area contributed by atoms with Crippen molar-refractivity contribution in [3.8, 4) is 5.95 Å². The molecular weight excluding hydrogens is 246 g/mol. The third-order valence-corrected chi connectivity index (χ3v) is 2.11. The maximum Gasteiger partial charge on any atom is 0.253 e. The summed E-state index contributed by atoms with van der Waals surface area (Å²) < 4.78 is 2.34. The molecule has 0 atom stereocenters. The summed E-state index contributed by atoms with van der Waals surface area (Å²) in [6.07, 6.45) is 1.67. The molecule has 2 aromatic rings. The smallest absolute Gasteiger partial charge is 0.220 e. The molecular formula is C8H8BrN5. The summed E-state index contributed by atoms with van der Waals surface area (Å²) in [7, 11) is 0. The van der Waals surface area contributed by atoms with Gasteiger partial charge in [-0.3, -0.25) is 0 Å². The van der Waals surface area contributed by atoms with E-state index in [0.29, 0.717) is 11.8 Å². The standard InChI is InChI=1S/C8H8BrN5/c1-5-11-6(2)14(13-5)8-10-4-3-7(9)12-8/h3-4H,1-2H3. The molecule has 2 aromatic heterocycles. The summed E-state index contributed by atoms with van der Waals surface area (Å²) >= 11 is 3.28. The Kier molecular flexibility index (Phi) is 2.28. The molecule has 0 aliphatic rings. The number of nitrogens with zero attached hydrogens (tertiary/aromatic N) is 5. The summed E-state index contributed by atoms with van der Waals surface area (Å²) in [5, 5.41) is 4.18. The van der Waals surface area contributed by atoms with Gasteiger partial charge in [0.05, 0.1) is 0 Å². The van der Waals surface area contributed by atoms with Gasteiger partial charge in [0, 0.05) is 6.20 Å². The van der Waals surface area contributed by atoms with Gasteiger partial charge in [-0.2, -0.15) is 4.68 Å². The van der Waals surface area contributed by atoms with Gasteiger partial charge in [-0.1, -0.05) is 0 Å². The molecule has 2 heterocycles. The Morgan fingerprint density at radius 2 is 2.07 bits per heavy atom. The van der Waals surface area contributed by atoms with Crippen molar-refractivity contribution in [2.75, 3.05) is 0 Å². The van der Waals surface area contributed by atoms with E-state index in [2.05, 4.69) is 36.0 Å². The molecule has 0 saturated carbocycles. The number of rotatable bonds is 1. The van der Waals surface area contributed by atoms with Crippen LogP contribution in [0.2, 0.25) is 0 Å². The van der Waals surface area contributed by atoms with Crippen LogP contribution in [0.3, 0.4) is 0 Å². The first kappa shape index (κ1) is 9.26. The maximum absolute atomic E-state index is 4.18. The number of aryl methyl sites for hydroxylation is 2. The van der Waals surface area contributed by atoms with Crippen LogP contribution >= 0.6 is 15.9 Å². The lowest BCUT2D eigenvalue weighted by molar-refractivity contribution is 0.768. The Morgan fingerprint density at radius 1 is 1.29 bits per heavy atom. The van der Waals surface area contributed by atoms with E-state index < -0.39 is 0 Å². The highest BCUT2D eigenvalue weighted by Crippen LogP contribution is 2.08. The Hall–Kier alpha value is -1.30. The zero-order valence-electron chi connectivity index (χ0n) is 7.77. The average Bonchev–Trinajstić information content (AvgIpc) is 2.45. The van der Waals surface area contributed by atoms with E-state index in [1.54, 1.807) is 16.9 Å². The largest absolute Gasteiger partial charge is 0.253 e. The van der Waals surface area contributed by atoms with Crippen molar-refractivity contribution in [1.29, 1.82) is 0 Å². The highest BCUT2D eigenvalue weighted by Gasteiger charge is 2.07. The summed E-state index contributed by atoms with van der Waals surface area (Å²) in [5.41, 5.74) is 0. The van der Waals surface area contributed by atoms with Crippen LogP contribution in [0.1, 0.15) is 11.6 Å². The molecule has 0 aliphatic heterocycles. The predicted octanol–water partition coefficient (Wildman–Crippen LogP) is 1.44. The lowest BCUT2D eigenvalue weighted by atomic mass is 10.6. The highest BCUT2D eigenvalue weighted by atomic mass is 79.9. The lowest BCUT2D eigenvalue weighted by Gasteiger charge is -1.99. The molecule has 0 spiro atoms. The number of hydrogen-bond acceptors (Lipinski definition) is 4. The number of aromatic nitrogens is 5. The second-order valence-corrected chi connectivity index (χ2v) is 3.61. The molecule has 0 saturated heterocycles. The Bertz CT molecular complexity index is 465. The van der Waals surface area contributed by atoms with Gasteiger partial charge < -0.3 is 0 Å². The number of halogens is 1. The molecule has 0 fully saturated rings. The molecule has 2 rings (SSSR count). The second kappa shape index (κ2) is 3.45. The molecule has 5 nitrogen and oxygen atoms in total. The van der Waals surface area contributed by atoms with Crippen molar-refractivity contribution in [2.45, 2.75) is 13.8 Å². The first-order valence-corrected chi connectivity index (χ1v) is 4.85. The van der Waals surface area contributed by atoms with E-state index in [0.717, 1.165) is 10.4 Å². The summed E-state index contributed by atoms with van der Waals surface area (Å²) in [6.45, 7) is 3.70. The van der Waals surface area contributed by atoms with Gasteiger partial charge >= 0.3 is 0 Å². The molecule has 6 heteroatoms. The molecule has 14 heavy (non-hydrogen) atoms. The van der Waals surface area contributed by atoms with Crippen LogP contribution in [0.25, 0.3) is 5.95 Å². The third kappa shape index (κ3) is 1.65. The van der Waals surface area contributed by atoms with Crippen LogP contribution in [-0.2, 0) is 0 Å². The van der Waals surface area contributed by atoms with E-state index in [9.17, 15) is 0 Å². The summed E-state index contributed by atoms with van der Waals surface area (Å²) in [6, 6.07) is 1.77. The van der Waals surface area contributed by atoms with Crippen molar-refractivity contribution in [1.82, 2.24) is 24.7 Å². The van der Waals surface area contributed by atoms with E-state index in [1.165, 1.54) is 0 Å². The Balaban J connectivity index is 2.54. The predicted molar refractivity (Wildman–Crippen MR) is 54.1 cm³/mol. The maximum atomic E-state index is 4.18. The van der Waals surface area contributed by atoms with E-state index in [1.807, 2.05) is 13.8 Å². The minimum Gasteiger partial charge on any atom is -0.220 e. The van der Waals surface area contributed by atoms with Crippen LogP contribution in [-0.4, -0.2) is 24.7 Å². The Morgan fingerprint density at radius 3 is 2.64 bits per heavy atom. The molecule has 0 radical (unpaired) electrons. The van der Waals surface area contributed by atoms with Gasteiger partial charge in [-0.05, 0) is 35.8 Å². The third-order valence-electron chi connectivity index (χ3n) is 1.67. The number of hydrogen-bond donors (Lipinski definition) is 0. The van der Waals surface area contributed by atoms with Gasteiger partial charge in [0.25, 0.3) is 5.95 Å². The Labute approximate surface area is 89.4 Å². The molecule has 0 amide bonds. The average molecular weight is 254 g/mol. The van der Waals surface area contributed by atoms with Crippen LogP contribution < -0.4 is 0 Å². The molecule has 0 unspecified atom stereocenters. The van der Waals surface area contributed by atoms with E-state index in [-0.39, 0.29) is 0 Å². The molecule has 72 valence electrons. The second-order valence-electron chi connectivity index (χ2n) is 2.80. The first-order valence-electron chi connectivity index (χ1n) is 4.06.